The van der Waals surface area contributed by atoms with Crippen LogP contribution in [0.1, 0.15) is 10.4 Å². The van der Waals surface area contributed by atoms with Gasteiger partial charge in [0.25, 0.3) is 0 Å². The van der Waals surface area contributed by atoms with Crippen molar-refractivity contribution in [3.05, 3.63) is 84.4 Å². The molecule has 2 heteroatoms. The Morgan fingerprint density at radius 3 is 2.35 bits per heavy atom. The average molecular weight is 298 g/mol. The second kappa shape index (κ2) is 5.58. The zero-order valence-corrected chi connectivity index (χ0v) is 12.4. The van der Waals surface area contributed by atoms with Gasteiger partial charge in [0.15, 0.2) is 6.29 Å². The Kier molecular flexibility index (Phi) is 3.28. The first-order valence-electron chi connectivity index (χ1n) is 7.49. The molecule has 0 aliphatic rings. The molecule has 0 aliphatic heterocycles. The molecule has 0 aliphatic carbocycles. The highest BCUT2D eigenvalue weighted by molar-refractivity contribution is 5.97. The molecule has 0 atom stereocenters. The summed E-state index contributed by atoms with van der Waals surface area (Å²) in [6.45, 7) is 0. The van der Waals surface area contributed by atoms with Crippen LogP contribution in [0.15, 0.2) is 83.3 Å². The van der Waals surface area contributed by atoms with Crippen LogP contribution in [0.4, 0.5) is 0 Å². The maximum atomic E-state index is 11.4. The van der Waals surface area contributed by atoms with E-state index in [-0.39, 0.29) is 0 Å². The van der Waals surface area contributed by atoms with Gasteiger partial charge in [-0.15, -0.1) is 0 Å². The lowest BCUT2D eigenvalue weighted by atomic mass is 10.0. The standard InChI is InChI=1S/C21H14O2/c22-14-17-13-20(23-21(17)16-8-2-1-3-9-16)19-12-6-10-15-7-4-5-11-18(15)19/h1-14H. The van der Waals surface area contributed by atoms with Crippen LogP contribution >= 0.6 is 0 Å². The van der Waals surface area contributed by atoms with Crippen LogP contribution in [-0.4, -0.2) is 6.29 Å². The van der Waals surface area contributed by atoms with Crippen molar-refractivity contribution in [1.29, 1.82) is 0 Å². The first-order chi connectivity index (χ1) is 11.4. The van der Waals surface area contributed by atoms with E-state index in [0.717, 1.165) is 28.2 Å². The highest BCUT2D eigenvalue weighted by Gasteiger charge is 2.15. The molecule has 4 aromatic rings. The van der Waals surface area contributed by atoms with Gasteiger partial charge in [-0.1, -0.05) is 72.8 Å². The molecule has 0 fully saturated rings. The molecule has 0 saturated carbocycles. The van der Waals surface area contributed by atoms with Crippen molar-refractivity contribution < 1.29 is 9.21 Å². The maximum Gasteiger partial charge on any atom is 0.153 e. The Morgan fingerprint density at radius 1 is 0.783 bits per heavy atom. The van der Waals surface area contributed by atoms with Crippen molar-refractivity contribution in [2.45, 2.75) is 0 Å². The van der Waals surface area contributed by atoms with Crippen molar-refractivity contribution in [2.75, 3.05) is 0 Å². The summed E-state index contributed by atoms with van der Waals surface area (Å²) in [5, 5.41) is 2.26. The largest absolute Gasteiger partial charge is 0.455 e. The summed E-state index contributed by atoms with van der Waals surface area (Å²) in [5.74, 6) is 1.33. The third kappa shape index (κ3) is 2.34. The number of carbonyl (C=O) groups is 1. The van der Waals surface area contributed by atoms with Gasteiger partial charge in [0, 0.05) is 11.1 Å². The van der Waals surface area contributed by atoms with Crippen molar-refractivity contribution in [3.63, 3.8) is 0 Å². The lowest BCUT2D eigenvalue weighted by Gasteiger charge is -2.03. The van der Waals surface area contributed by atoms with Gasteiger partial charge >= 0.3 is 0 Å². The molecule has 0 radical (unpaired) electrons. The van der Waals surface area contributed by atoms with Gasteiger partial charge in [0.2, 0.25) is 0 Å². The number of carbonyl (C=O) groups excluding carboxylic acids is 1. The summed E-state index contributed by atoms with van der Waals surface area (Å²) >= 11 is 0. The number of rotatable bonds is 3. The molecule has 1 heterocycles. The Labute approximate surface area is 134 Å². The Bertz CT molecular complexity index is 976. The second-order valence-electron chi connectivity index (χ2n) is 5.41. The van der Waals surface area contributed by atoms with Gasteiger partial charge < -0.3 is 4.42 Å². The molecular weight excluding hydrogens is 284 g/mol. The first kappa shape index (κ1) is 13.5. The fourth-order valence-electron chi connectivity index (χ4n) is 2.88. The number of hydrogen-bond donors (Lipinski definition) is 0. The third-order valence-corrected chi connectivity index (χ3v) is 3.98. The molecule has 0 saturated heterocycles. The molecule has 4 rings (SSSR count). The fourth-order valence-corrected chi connectivity index (χ4v) is 2.88. The Hall–Kier alpha value is -3.13. The van der Waals surface area contributed by atoms with Crippen molar-refractivity contribution in [3.8, 4) is 22.6 Å². The van der Waals surface area contributed by atoms with Crippen molar-refractivity contribution >= 4 is 17.1 Å². The Morgan fingerprint density at radius 2 is 1.52 bits per heavy atom. The zero-order valence-electron chi connectivity index (χ0n) is 12.4. The van der Waals surface area contributed by atoms with Gasteiger partial charge in [0.1, 0.15) is 11.5 Å². The highest BCUT2D eigenvalue weighted by Crippen LogP contribution is 2.35. The lowest BCUT2D eigenvalue weighted by Crippen LogP contribution is -1.79. The minimum Gasteiger partial charge on any atom is -0.455 e. The van der Waals surface area contributed by atoms with E-state index in [2.05, 4.69) is 18.2 Å². The van der Waals surface area contributed by atoms with Gasteiger partial charge in [-0.25, -0.2) is 0 Å². The van der Waals surface area contributed by atoms with Crippen molar-refractivity contribution in [1.82, 2.24) is 0 Å². The molecule has 3 aromatic carbocycles. The van der Waals surface area contributed by atoms with Crippen LogP contribution in [0.2, 0.25) is 0 Å². The van der Waals surface area contributed by atoms with E-state index >= 15 is 0 Å². The number of fused-ring (bicyclic) bond motifs is 1. The molecule has 23 heavy (non-hydrogen) atoms. The summed E-state index contributed by atoms with van der Waals surface area (Å²) in [7, 11) is 0. The lowest BCUT2D eigenvalue weighted by molar-refractivity contribution is 0.112. The number of aldehydes is 1. The zero-order chi connectivity index (χ0) is 15.6. The summed E-state index contributed by atoms with van der Waals surface area (Å²) in [6, 6.07) is 25.8. The summed E-state index contributed by atoms with van der Waals surface area (Å²) in [5.41, 5.74) is 2.47. The van der Waals surface area contributed by atoms with Gasteiger partial charge in [-0.3, -0.25) is 4.79 Å². The first-order valence-corrected chi connectivity index (χ1v) is 7.49. The van der Waals surface area contributed by atoms with Gasteiger partial charge in [-0.05, 0) is 16.8 Å². The van der Waals surface area contributed by atoms with E-state index in [1.165, 1.54) is 0 Å². The molecule has 2 nitrogen and oxygen atoms in total. The molecule has 0 N–H and O–H groups in total. The van der Waals surface area contributed by atoms with Crippen LogP contribution in [0.5, 0.6) is 0 Å². The van der Waals surface area contributed by atoms with Crippen LogP contribution in [0.25, 0.3) is 33.4 Å². The average Bonchev–Trinajstić information content (AvgIpc) is 3.06. The molecule has 0 amide bonds. The Balaban J connectivity index is 1.93. The predicted octanol–water partition coefficient (Wildman–Crippen LogP) is 5.58. The molecule has 0 bridgehead atoms. The number of furan rings is 1. The topological polar surface area (TPSA) is 30.2 Å². The number of benzene rings is 3. The predicted molar refractivity (Wildman–Crippen MR) is 92.5 cm³/mol. The van der Waals surface area contributed by atoms with E-state index in [9.17, 15) is 4.79 Å². The number of hydrogen-bond acceptors (Lipinski definition) is 2. The normalized spacial score (nSPS) is 10.8. The molecule has 110 valence electrons. The van der Waals surface area contributed by atoms with Crippen LogP contribution in [-0.2, 0) is 0 Å². The summed E-state index contributed by atoms with van der Waals surface area (Å²) in [4.78, 5) is 11.4. The van der Waals surface area contributed by atoms with Gasteiger partial charge in [-0.2, -0.15) is 0 Å². The minimum absolute atomic E-state index is 0.569. The molecule has 1 aromatic heterocycles. The summed E-state index contributed by atoms with van der Waals surface area (Å²) in [6.07, 6.45) is 0.848. The van der Waals surface area contributed by atoms with E-state index in [4.69, 9.17) is 4.42 Å². The summed E-state index contributed by atoms with van der Waals surface area (Å²) < 4.78 is 6.05. The quantitative estimate of drug-likeness (QED) is 0.462. The molecular formula is C21H14O2. The smallest absolute Gasteiger partial charge is 0.153 e. The van der Waals surface area contributed by atoms with E-state index in [1.807, 2.05) is 60.7 Å². The van der Waals surface area contributed by atoms with Gasteiger partial charge in [0.05, 0.1) is 5.56 Å². The van der Waals surface area contributed by atoms with Crippen LogP contribution in [0.3, 0.4) is 0 Å². The minimum atomic E-state index is 0.569. The van der Waals surface area contributed by atoms with E-state index in [1.54, 1.807) is 0 Å². The van der Waals surface area contributed by atoms with E-state index in [0.29, 0.717) is 17.1 Å². The molecule has 0 unspecified atom stereocenters. The van der Waals surface area contributed by atoms with E-state index < -0.39 is 0 Å². The molecule has 0 spiro atoms. The van der Waals surface area contributed by atoms with Crippen molar-refractivity contribution in [2.24, 2.45) is 0 Å². The third-order valence-electron chi connectivity index (χ3n) is 3.98. The monoisotopic (exact) mass is 298 g/mol. The second-order valence-corrected chi connectivity index (χ2v) is 5.41. The highest BCUT2D eigenvalue weighted by atomic mass is 16.3. The SMILES string of the molecule is O=Cc1cc(-c2cccc3ccccc23)oc1-c1ccccc1. The maximum absolute atomic E-state index is 11.4. The van der Waals surface area contributed by atoms with Crippen LogP contribution in [0, 0.1) is 0 Å². The fraction of sp³-hybridized carbons (Fsp3) is 0. The van der Waals surface area contributed by atoms with Crippen LogP contribution < -0.4 is 0 Å².